The highest BCUT2D eigenvalue weighted by Crippen LogP contribution is 2.27. The Morgan fingerprint density at radius 1 is 1.24 bits per heavy atom. The highest BCUT2D eigenvalue weighted by atomic mass is 16.4. The van der Waals surface area contributed by atoms with E-state index in [2.05, 4.69) is 12.2 Å². The Morgan fingerprint density at radius 2 is 2.00 bits per heavy atom. The molecule has 1 aromatic rings. The van der Waals surface area contributed by atoms with Gasteiger partial charge < -0.3 is 10.0 Å². The van der Waals surface area contributed by atoms with Crippen molar-refractivity contribution in [2.24, 2.45) is 5.92 Å². The van der Waals surface area contributed by atoms with Crippen LogP contribution in [0.4, 0.5) is 0 Å². The molecule has 4 nitrogen and oxygen atoms in total. The van der Waals surface area contributed by atoms with Gasteiger partial charge in [0.15, 0.2) is 0 Å². The number of aliphatic carboxylic acids is 1. The van der Waals surface area contributed by atoms with E-state index in [-0.39, 0.29) is 11.8 Å². The lowest BCUT2D eigenvalue weighted by Gasteiger charge is -2.35. The second-order valence-corrected chi connectivity index (χ2v) is 5.82. The van der Waals surface area contributed by atoms with E-state index in [4.69, 9.17) is 0 Å². The molecule has 1 heterocycles. The summed E-state index contributed by atoms with van der Waals surface area (Å²) in [7, 11) is 0. The Labute approximate surface area is 124 Å². The molecule has 0 unspecified atom stereocenters. The van der Waals surface area contributed by atoms with Crippen LogP contribution in [0.3, 0.4) is 0 Å². The maximum absolute atomic E-state index is 12.5. The number of allylic oxidation sites excluding steroid dienone is 2. The molecule has 4 heteroatoms. The number of hydrogen-bond donors (Lipinski definition) is 1. The molecule has 0 fully saturated rings. The second kappa shape index (κ2) is 5.72. The molecule has 0 bridgehead atoms. The molecule has 1 aliphatic heterocycles. The number of rotatable bonds is 3. The van der Waals surface area contributed by atoms with E-state index >= 15 is 0 Å². The number of benzene rings is 1. The highest BCUT2D eigenvalue weighted by Gasteiger charge is 2.34. The van der Waals surface area contributed by atoms with Gasteiger partial charge in [-0.2, -0.15) is 0 Å². The molecule has 110 valence electrons. The fourth-order valence-electron chi connectivity index (χ4n) is 3.21. The van der Waals surface area contributed by atoms with E-state index in [0.717, 1.165) is 24.0 Å². The zero-order valence-corrected chi connectivity index (χ0v) is 11.9. The van der Waals surface area contributed by atoms with Crippen LogP contribution in [-0.4, -0.2) is 27.9 Å². The Kier molecular flexibility index (Phi) is 3.78. The van der Waals surface area contributed by atoms with Crippen LogP contribution in [0.5, 0.6) is 0 Å². The molecule has 2 atom stereocenters. The lowest BCUT2D eigenvalue weighted by atomic mass is 9.93. The molecule has 0 radical (unpaired) electrons. The molecular formula is C17H19NO3. The summed E-state index contributed by atoms with van der Waals surface area (Å²) in [5.41, 5.74) is 2.10. The number of amides is 1. The van der Waals surface area contributed by atoms with Gasteiger partial charge in [-0.3, -0.25) is 4.79 Å². The molecule has 0 spiro atoms. The molecule has 3 rings (SSSR count). The summed E-state index contributed by atoms with van der Waals surface area (Å²) in [4.78, 5) is 25.6. The van der Waals surface area contributed by atoms with Crippen molar-refractivity contribution in [3.05, 3.63) is 47.5 Å². The van der Waals surface area contributed by atoms with Crippen molar-refractivity contribution in [3.8, 4) is 0 Å². The number of carboxylic acid groups (broad SMARTS) is 1. The van der Waals surface area contributed by atoms with Crippen LogP contribution in [0.15, 0.2) is 36.4 Å². The fourth-order valence-corrected chi connectivity index (χ4v) is 3.21. The molecule has 1 aliphatic carbocycles. The average molecular weight is 285 g/mol. The van der Waals surface area contributed by atoms with E-state index < -0.39 is 12.0 Å². The lowest BCUT2D eigenvalue weighted by molar-refractivity contribution is -0.151. The molecule has 0 saturated heterocycles. The van der Waals surface area contributed by atoms with E-state index in [1.54, 1.807) is 0 Å². The van der Waals surface area contributed by atoms with Crippen molar-refractivity contribution in [1.29, 1.82) is 0 Å². The van der Waals surface area contributed by atoms with Crippen LogP contribution in [0.1, 0.15) is 30.4 Å². The largest absolute Gasteiger partial charge is 0.480 e. The summed E-state index contributed by atoms with van der Waals surface area (Å²) in [5, 5.41) is 9.44. The summed E-state index contributed by atoms with van der Waals surface area (Å²) in [6.07, 6.45) is 7.00. The fraction of sp³-hybridized carbons (Fsp3) is 0.412. The maximum atomic E-state index is 12.5. The van der Waals surface area contributed by atoms with Gasteiger partial charge in [0.05, 0.1) is 0 Å². The standard InChI is InChI=1S/C17H19NO3/c19-16(9-12-5-1-2-6-12)18-11-14-8-4-3-7-13(14)10-15(18)17(20)21/h1,3-5,7-8,12,15H,2,6,9-11H2,(H,20,21)/t12-,15+/m1/s1. The summed E-state index contributed by atoms with van der Waals surface area (Å²) in [5.74, 6) is -0.697. The van der Waals surface area contributed by atoms with Crippen LogP contribution in [-0.2, 0) is 22.6 Å². The minimum absolute atomic E-state index is 0.0477. The van der Waals surface area contributed by atoms with Crippen LogP contribution in [0.2, 0.25) is 0 Å². The molecule has 0 saturated carbocycles. The van der Waals surface area contributed by atoms with Gasteiger partial charge in [0.25, 0.3) is 0 Å². The number of hydrogen-bond acceptors (Lipinski definition) is 2. The van der Waals surface area contributed by atoms with Crippen LogP contribution >= 0.6 is 0 Å². The van der Waals surface area contributed by atoms with Crippen molar-refractivity contribution in [2.45, 2.75) is 38.3 Å². The molecule has 21 heavy (non-hydrogen) atoms. The summed E-state index contributed by atoms with van der Waals surface area (Å²) < 4.78 is 0. The Morgan fingerprint density at radius 3 is 2.67 bits per heavy atom. The van der Waals surface area contributed by atoms with Crippen molar-refractivity contribution in [1.82, 2.24) is 4.90 Å². The predicted octanol–water partition coefficient (Wildman–Crippen LogP) is 2.38. The lowest BCUT2D eigenvalue weighted by Crippen LogP contribution is -2.48. The van der Waals surface area contributed by atoms with Gasteiger partial charge in [0.2, 0.25) is 5.91 Å². The third kappa shape index (κ3) is 2.84. The minimum Gasteiger partial charge on any atom is -0.480 e. The van der Waals surface area contributed by atoms with Gasteiger partial charge in [-0.15, -0.1) is 0 Å². The van der Waals surface area contributed by atoms with Crippen molar-refractivity contribution in [3.63, 3.8) is 0 Å². The van der Waals surface area contributed by atoms with Crippen molar-refractivity contribution < 1.29 is 14.7 Å². The molecule has 1 N–H and O–H groups in total. The number of fused-ring (bicyclic) bond motifs is 1. The quantitative estimate of drug-likeness (QED) is 0.867. The Balaban J connectivity index is 1.80. The Hall–Kier alpha value is -2.10. The van der Waals surface area contributed by atoms with Crippen LogP contribution < -0.4 is 0 Å². The monoisotopic (exact) mass is 285 g/mol. The van der Waals surface area contributed by atoms with E-state index in [1.807, 2.05) is 24.3 Å². The normalized spacial score (nSPS) is 23.9. The zero-order valence-electron chi connectivity index (χ0n) is 11.9. The minimum atomic E-state index is -0.917. The van der Waals surface area contributed by atoms with Gasteiger partial charge in [-0.05, 0) is 29.9 Å². The molecule has 0 aromatic heterocycles. The summed E-state index contributed by atoms with van der Waals surface area (Å²) in [6.45, 7) is 0.405. The molecular weight excluding hydrogens is 266 g/mol. The smallest absolute Gasteiger partial charge is 0.326 e. The average Bonchev–Trinajstić information content (AvgIpc) is 2.98. The van der Waals surface area contributed by atoms with Crippen molar-refractivity contribution >= 4 is 11.9 Å². The SMILES string of the molecule is O=C(O)[C@@H]1Cc2ccccc2CN1C(=O)C[C@@H]1C=CCC1. The summed E-state index contributed by atoms with van der Waals surface area (Å²) in [6, 6.07) is 7.04. The molecule has 2 aliphatic rings. The number of carbonyl (C=O) groups is 2. The molecule has 1 amide bonds. The van der Waals surface area contributed by atoms with Gasteiger partial charge >= 0.3 is 5.97 Å². The van der Waals surface area contributed by atoms with E-state index in [1.165, 1.54) is 4.90 Å². The van der Waals surface area contributed by atoms with Gasteiger partial charge in [-0.25, -0.2) is 4.79 Å². The number of carbonyl (C=O) groups excluding carboxylic acids is 1. The van der Waals surface area contributed by atoms with Gasteiger partial charge in [0.1, 0.15) is 6.04 Å². The zero-order chi connectivity index (χ0) is 14.8. The highest BCUT2D eigenvalue weighted by molar-refractivity contribution is 5.84. The first-order chi connectivity index (χ1) is 10.1. The Bertz CT molecular complexity index is 593. The maximum Gasteiger partial charge on any atom is 0.326 e. The van der Waals surface area contributed by atoms with Crippen molar-refractivity contribution in [2.75, 3.05) is 0 Å². The van der Waals surface area contributed by atoms with Crippen LogP contribution in [0, 0.1) is 5.92 Å². The van der Waals surface area contributed by atoms with E-state index in [0.29, 0.717) is 19.4 Å². The third-order valence-corrected chi connectivity index (χ3v) is 4.40. The second-order valence-electron chi connectivity index (χ2n) is 5.82. The first kappa shape index (κ1) is 13.9. The number of carboxylic acids is 1. The first-order valence-electron chi connectivity index (χ1n) is 7.41. The molecule has 1 aromatic carbocycles. The third-order valence-electron chi connectivity index (χ3n) is 4.40. The topological polar surface area (TPSA) is 57.6 Å². The first-order valence-corrected chi connectivity index (χ1v) is 7.41. The van der Waals surface area contributed by atoms with E-state index in [9.17, 15) is 14.7 Å². The summed E-state index contributed by atoms with van der Waals surface area (Å²) >= 11 is 0. The van der Waals surface area contributed by atoms with Gasteiger partial charge in [-0.1, -0.05) is 36.4 Å². The number of nitrogens with zero attached hydrogens (tertiary/aromatic N) is 1. The van der Waals surface area contributed by atoms with Crippen LogP contribution in [0.25, 0.3) is 0 Å². The van der Waals surface area contributed by atoms with Gasteiger partial charge in [0, 0.05) is 19.4 Å². The predicted molar refractivity (Wildman–Crippen MR) is 78.6 cm³/mol.